The van der Waals surface area contributed by atoms with E-state index in [-0.39, 0.29) is 16.8 Å². The number of sulfonamides is 1. The van der Waals surface area contributed by atoms with Crippen LogP contribution in [0.25, 0.3) is 0 Å². The summed E-state index contributed by atoms with van der Waals surface area (Å²) in [4.78, 5) is 19.1. The molecule has 0 spiro atoms. The van der Waals surface area contributed by atoms with Crippen molar-refractivity contribution >= 4 is 21.7 Å². The fraction of sp³-hybridized carbons (Fsp3) is 0.524. The Morgan fingerprint density at radius 1 is 1.10 bits per heavy atom. The van der Waals surface area contributed by atoms with E-state index in [1.807, 2.05) is 6.92 Å². The third-order valence-electron chi connectivity index (χ3n) is 5.90. The molecule has 4 rings (SSSR count). The summed E-state index contributed by atoms with van der Waals surface area (Å²) in [6.45, 7) is 4.50. The maximum absolute atomic E-state index is 12.8. The summed E-state index contributed by atoms with van der Waals surface area (Å²) in [7, 11) is -3.46. The van der Waals surface area contributed by atoms with Crippen LogP contribution in [0.3, 0.4) is 0 Å². The molecule has 0 aromatic carbocycles. The van der Waals surface area contributed by atoms with Crippen LogP contribution in [-0.4, -0.2) is 55.8 Å². The Hall–Kier alpha value is -2.39. The Morgan fingerprint density at radius 3 is 2.43 bits per heavy atom. The normalized spacial score (nSPS) is 19.0. The zero-order chi connectivity index (χ0) is 21.1. The van der Waals surface area contributed by atoms with Crippen molar-refractivity contribution in [2.24, 2.45) is 0 Å². The molecule has 2 saturated heterocycles. The van der Waals surface area contributed by atoms with Crippen LogP contribution in [0, 0.1) is 6.92 Å². The number of nitrogens with one attached hydrogen (secondary N) is 1. The summed E-state index contributed by atoms with van der Waals surface area (Å²) in [6.07, 6.45) is 7.48. The second-order valence-electron chi connectivity index (χ2n) is 7.98. The third-order valence-corrected chi connectivity index (χ3v) is 7.78. The molecule has 0 aliphatic carbocycles. The zero-order valence-corrected chi connectivity index (χ0v) is 18.0. The highest BCUT2D eigenvalue weighted by atomic mass is 32.2. The quantitative estimate of drug-likeness (QED) is 0.780. The lowest BCUT2D eigenvalue weighted by atomic mass is 10.0. The van der Waals surface area contributed by atoms with E-state index in [1.165, 1.54) is 12.5 Å². The van der Waals surface area contributed by atoms with Gasteiger partial charge >= 0.3 is 0 Å². The zero-order valence-electron chi connectivity index (χ0n) is 17.2. The molecule has 1 amide bonds. The van der Waals surface area contributed by atoms with E-state index in [1.54, 1.807) is 22.5 Å². The molecule has 0 radical (unpaired) electrons. The largest absolute Gasteiger partial charge is 0.459 e. The van der Waals surface area contributed by atoms with Gasteiger partial charge < -0.3 is 14.6 Å². The first-order chi connectivity index (χ1) is 14.4. The Labute approximate surface area is 177 Å². The molecule has 30 heavy (non-hydrogen) atoms. The van der Waals surface area contributed by atoms with Crippen molar-refractivity contribution in [1.82, 2.24) is 14.6 Å². The van der Waals surface area contributed by atoms with Gasteiger partial charge in [-0.3, -0.25) is 4.79 Å². The van der Waals surface area contributed by atoms with Crippen molar-refractivity contribution in [2.45, 2.75) is 50.0 Å². The van der Waals surface area contributed by atoms with Crippen LogP contribution in [0.5, 0.6) is 0 Å². The van der Waals surface area contributed by atoms with Gasteiger partial charge in [0.15, 0.2) is 5.76 Å². The minimum atomic E-state index is -3.46. The van der Waals surface area contributed by atoms with E-state index >= 15 is 0 Å². The van der Waals surface area contributed by atoms with Crippen LogP contribution in [0.2, 0.25) is 0 Å². The minimum absolute atomic E-state index is 0.0806. The van der Waals surface area contributed by atoms with Crippen molar-refractivity contribution in [3.8, 4) is 0 Å². The van der Waals surface area contributed by atoms with Gasteiger partial charge in [0, 0.05) is 44.0 Å². The maximum atomic E-state index is 12.8. The molecule has 8 nitrogen and oxygen atoms in total. The van der Waals surface area contributed by atoms with Gasteiger partial charge in [0.05, 0.1) is 6.26 Å². The van der Waals surface area contributed by atoms with Crippen LogP contribution >= 0.6 is 0 Å². The number of carbonyl (C=O) groups is 1. The van der Waals surface area contributed by atoms with Crippen LogP contribution in [0.4, 0.5) is 5.82 Å². The molecule has 0 saturated carbocycles. The number of furan rings is 1. The SMILES string of the molecule is Cc1ccoc1C(=O)NC1CCN(c2ccc(S(=O)(=O)N3CCCCC3)cn2)CC1. The van der Waals surface area contributed by atoms with E-state index in [0.29, 0.717) is 18.8 Å². The number of pyridine rings is 1. The summed E-state index contributed by atoms with van der Waals surface area (Å²) < 4.78 is 32.3. The summed E-state index contributed by atoms with van der Waals surface area (Å²) in [5.41, 5.74) is 0.828. The van der Waals surface area contributed by atoms with Crippen LogP contribution in [-0.2, 0) is 10.0 Å². The first-order valence-corrected chi connectivity index (χ1v) is 12.0. The van der Waals surface area contributed by atoms with Crippen molar-refractivity contribution in [2.75, 3.05) is 31.1 Å². The number of aromatic nitrogens is 1. The highest BCUT2D eigenvalue weighted by Crippen LogP contribution is 2.23. The molecular formula is C21H28N4O4S. The predicted molar refractivity (Wildman–Crippen MR) is 113 cm³/mol. The Morgan fingerprint density at radius 2 is 1.83 bits per heavy atom. The van der Waals surface area contributed by atoms with E-state index < -0.39 is 10.0 Å². The van der Waals surface area contributed by atoms with Gasteiger partial charge in [-0.2, -0.15) is 4.31 Å². The molecule has 1 N–H and O–H groups in total. The van der Waals surface area contributed by atoms with Crippen molar-refractivity contribution in [1.29, 1.82) is 0 Å². The summed E-state index contributed by atoms with van der Waals surface area (Å²) in [6, 6.07) is 5.29. The number of rotatable bonds is 5. The number of anilines is 1. The van der Waals surface area contributed by atoms with E-state index in [9.17, 15) is 13.2 Å². The number of piperidine rings is 2. The topological polar surface area (TPSA) is 95.8 Å². The van der Waals surface area contributed by atoms with Crippen LogP contribution in [0.1, 0.15) is 48.2 Å². The van der Waals surface area contributed by atoms with E-state index in [0.717, 1.165) is 56.6 Å². The van der Waals surface area contributed by atoms with Crippen molar-refractivity contribution in [3.63, 3.8) is 0 Å². The van der Waals surface area contributed by atoms with Gasteiger partial charge in [0.2, 0.25) is 10.0 Å². The lowest BCUT2D eigenvalue weighted by Crippen LogP contribution is -2.45. The third kappa shape index (κ3) is 4.37. The summed E-state index contributed by atoms with van der Waals surface area (Å²) >= 11 is 0. The predicted octanol–water partition coefficient (Wildman–Crippen LogP) is 2.56. The standard InChI is InChI=1S/C21H28N4O4S/c1-16-9-14-29-20(16)21(26)23-17-7-12-24(13-8-17)19-6-5-18(15-22-19)30(27,28)25-10-3-2-4-11-25/h5-6,9,14-15,17H,2-4,7-8,10-13H2,1H3,(H,23,26). The van der Waals surface area contributed by atoms with Gasteiger partial charge in [-0.1, -0.05) is 6.42 Å². The number of hydrogen-bond acceptors (Lipinski definition) is 6. The van der Waals surface area contributed by atoms with E-state index in [2.05, 4.69) is 15.2 Å². The van der Waals surface area contributed by atoms with Crippen molar-refractivity contribution < 1.29 is 17.6 Å². The number of aryl methyl sites for hydroxylation is 1. The first kappa shape index (κ1) is 20.9. The van der Waals surface area contributed by atoms with Gasteiger partial charge in [0.1, 0.15) is 10.7 Å². The molecular weight excluding hydrogens is 404 g/mol. The molecule has 0 unspecified atom stereocenters. The second kappa shape index (κ2) is 8.77. The maximum Gasteiger partial charge on any atom is 0.287 e. The molecule has 2 aliphatic heterocycles. The highest BCUT2D eigenvalue weighted by Gasteiger charge is 2.27. The minimum Gasteiger partial charge on any atom is -0.459 e. The van der Waals surface area contributed by atoms with Crippen LogP contribution < -0.4 is 10.2 Å². The molecule has 2 fully saturated rings. The molecule has 4 heterocycles. The summed E-state index contributed by atoms with van der Waals surface area (Å²) in [5.74, 6) is 0.949. The number of nitrogens with zero attached hydrogens (tertiary/aromatic N) is 3. The monoisotopic (exact) mass is 432 g/mol. The number of hydrogen-bond donors (Lipinski definition) is 1. The second-order valence-corrected chi connectivity index (χ2v) is 9.92. The van der Waals surface area contributed by atoms with Gasteiger partial charge in [-0.15, -0.1) is 0 Å². The van der Waals surface area contributed by atoms with Crippen LogP contribution in [0.15, 0.2) is 40.0 Å². The molecule has 9 heteroatoms. The summed E-state index contributed by atoms with van der Waals surface area (Å²) in [5, 5.41) is 3.03. The molecule has 2 aromatic heterocycles. The average Bonchev–Trinajstić information content (AvgIpc) is 3.21. The first-order valence-electron chi connectivity index (χ1n) is 10.5. The Bertz CT molecular complexity index is 973. The number of amides is 1. The fourth-order valence-corrected chi connectivity index (χ4v) is 5.54. The lowest BCUT2D eigenvalue weighted by Gasteiger charge is -2.33. The molecule has 162 valence electrons. The van der Waals surface area contributed by atoms with Gasteiger partial charge in [-0.25, -0.2) is 13.4 Å². The van der Waals surface area contributed by atoms with Gasteiger partial charge in [0.25, 0.3) is 5.91 Å². The molecule has 2 aliphatic rings. The highest BCUT2D eigenvalue weighted by molar-refractivity contribution is 7.89. The van der Waals surface area contributed by atoms with Crippen molar-refractivity contribution in [3.05, 3.63) is 42.0 Å². The molecule has 2 aromatic rings. The lowest BCUT2D eigenvalue weighted by molar-refractivity contribution is 0.0902. The smallest absolute Gasteiger partial charge is 0.287 e. The Kier molecular flexibility index (Phi) is 6.10. The molecule has 0 bridgehead atoms. The average molecular weight is 433 g/mol. The van der Waals surface area contributed by atoms with E-state index in [4.69, 9.17) is 4.42 Å². The van der Waals surface area contributed by atoms with Gasteiger partial charge in [-0.05, 0) is 50.8 Å². The Balaban J connectivity index is 1.34. The number of carbonyl (C=O) groups excluding carboxylic acids is 1. The molecule has 0 atom stereocenters. The fourth-order valence-electron chi connectivity index (χ4n) is 4.08.